The highest BCUT2D eigenvalue weighted by atomic mass is 15.1. The van der Waals surface area contributed by atoms with E-state index in [1.807, 2.05) is 0 Å². The van der Waals surface area contributed by atoms with Crippen LogP contribution in [0.3, 0.4) is 0 Å². The van der Waals surface area contributed by atoms with Gasteiger partial charge in [0.1, 0.15) is 5.84 Å². The Balaban J connectivity index is 1.27. The number of fused-ring (bicyclic) bond motifs is 7. The molecule has 2 nitrogen and oxygen atoms in total. The molecule has 2 aliphatic carbocycles. The summed E-state index contributed by atoms with van der Waals surface area (Å²) in [5, 5.41) is 2.51. The molecule has 0 spiro atoms. The Labute approximate surface area is 265 Å². The van der Waals surface area contributed by atoms with Gasteiger partial charge in [-0.05, 0) is 76.4 Å². The number of hydrogen-bond donors (Lipinski definition) is 0. The van der Waals surface area contributed by atoms with Crippen LogP contribution >= 0.6 is 0 Å². The second-order valence-corrected chi connectivity index (χ2v) is 12.8. The lowest BCUT2D eigenvalue weighted by Gasteiger charge is -2.23. The van der Waals surface area contributed by atoms with Crippen molar-refractivity contribution < 1.29 is 0 Å². The van der Waals surface area contributed by atoms with Gasteiger partial charge in [0.2, 0.25) is 0 Å². The molecule has 0 saturated carbocycles. The molecular weight excluding hydrogens is 544 g/mol. The van der Waals surface area contributed by atoms with E-state index < -0.39 is 0 Å². The Morgan fingerprint density at radius 1 is 0.756 bits per heavy atom. The molecule has 0 radical (unpaired) electrons. The van der Waals surface area contributed by atoms with Gasteiger partial charge in [0.25, 0.3) is 0 Å². The number of para-hydroxylation sites is 2. The second-order valence-electron chi connectivity index (χ2n) is 12.8. The molecule has 8 rings (SSSR count). The summed E-state index contributed by atoms with van der Waals surface area (Å²) < 4.78 is 2.39. The molecule has 0 amide bonds. The molecule has 218 valence electrons. The van der Waals surface area contributed by atoms with Crippen LogP contribution in [0.1, 0.15) is 61.4 Å². The second kappa shape index (κ2) is 10.5. The standard InChI is InChI=1S/C43H36N2/c1-28(30-22-24-32(25-23-30)31-14-6-5-7-15-31)33-16-9-12-20-39(33)44-29(2)45-40-21-13-10-18-35(40)37-27-26-36-34-17-8-11-19-38(34)43(3,4)41(36)42(37)45/h6,8-27H,1,5,7H2,2-4H3. The summed E-state index contributed by atoms with van der Waals surface area (Å²) >= 11 is 0. The largest absolute Gasteiger partial charge is 0.297 e. The number of nitrogens with zero attached hydrogens (tertiary/aromatic N) is 2. The average Bonchev–Trinajstić information content (AvgIpc) is 3.54. The van der Waals surface area contributed by atoms with Gasteiger partial charge < -0.3 is 0 Å². The van der Waals surface area contributed by atoms with Crippen LogP contribution < -0.4 is 0 Å². The Bertz CT molecular complexity index is 2250. The van der Waals surface area contributed by atoms with Crippen molar-refractivity contribution in [3.8, 4) is 11.1 Å². The van der Waals surface area contributed by atoms with Crippen molar-refractivity contribution in [1.82, 2.24) is 4.57 Å². The van der Waals surface area contributed by atoms with E-state index >= 15 is 0 Å². The molecule has 1 heterocycles. The summed E-state index contributed by atoms with van der Waals surface area (Å²) in [5.74, 6) is 0.938. The van der Waals surface area contributed by atoms with Crippen LogP contribution in [0.2, 0.25) is 0 Å². The summed E-state index contributed by atoms with van der Waals surface area (Å²) in [6.45, 7) is 11.4. The molecule has 1 aromatic heterocycles. The normalized spacial score (nSPS) is 15.3. The van der Waals surface area contributed by atoms with Crippen LogP contribution in [-0.2, 0) is 5.41 Å². The van der Waals surface area contributed by atoms with Gasteiger partial charge in [-0.2, -0.15) is 0 Å². The minimum atomic E-state index is -0.139. The first-order valence-corrected chi connectivity index (χ1v) is 15.9. The van der Waals surface area contributed by atoms with Crippen LogP contribution in [0.15, 0.2) is 139 Å². The van der Waals surface area contributed by atoms with Crippen molar-refractivity contribution in [2.45, 2.75) is 39.0 Å². The molecule has 0 aliphatic heterocycles. The summed E-state index contributed by atoms with van der Waals surface area (Å²) in [4.78, 5) is 5.36. The molecule has 0 bridgehead atoms. The lowest BCUT2D eigenvalue weighted by molar-refractivity contribution is 0.664. The van der Waals surface area contributed by atoms with Crippen LogP contribution in [0, 0.1) is 0 Å². The monoisotopic (exact) mass is 580 g/mol. The smallest absolute Gasteiger partial charge is 0.111 e. The van der Waals surface area contributed by atoms with E-state index in [4.69, 9.17) is 4.99 Å². The lowest BCUT2D eigenvalue weighted by atomic mass is 9.81. The topological polar surface area (TPSA) is 17.3 Å². The number of allylic oxidation sites excluding steroid dienone is 4. The van der Waals surface area contributed by atoms with E-state index in [0.717, 1.165) is 41.1 Å². The number of aliphatic imine (C=N–C) groups is 1. The van der Waals surface area contributed by atoms with E-state index in [0.29, 0.717) is 0 Å². The van der Waals surface area contributed by atoms with Crippen LogP contribution in [0.25, 0.3) is 44.1 Å². The Kier molecular flexibility index (Phi) is 6.35. The first kappa shape index (κ1) is 27.3. The fraction of sp³-hybridized carbons (Fsp3) is 0.140. The molecule has 0 atom stereocenters. The third-order valence-corrected chi connectivity index (χ3v) is 9.75. The number of rotatable bonds is 4. The summed E-state index contributed by atoms with van der Waals surface area (Å²) in [6, 6.07) is 39.4. The highest BCUT2D eigenvalue weighted by Crippen LogP contribution is 2.52. The maximum Gasteiger partial charge on any atom is 0.111 e. The molecule has 5 aromatic carbocycles. The van der Waals surface area contributed by atoms with Crippen LogP contribution in [0.5, 0.6) is 0 Å². The molecule has 45 heavy (non-hydrogen) atoms. The minimum absolute atomic E-state index is 0.139. The molecular formula is C43H36N2. The van der Waals surface area contributed by atoms with Gasteiger partial charge >= 0.3 is 0 Å². The fourth-order valence-electron chi connectivity index (χ4n) is 7.55. The van der Waals surface area contributed by atoms with E-state index in [2.05, 4.69) is 159 Å². The first-order chi connectivity index (χ1) is 21.9. The number of benzene rings is 5. The lowest BCUT2D eigenvalue weighted by Crippen LogP contribution is -2.18. The van der Waals surface area contributed by atoms with Gasteiger partial charge in [-0.3, -0.25) is 4.57 Å². The van der Waals surface area contributed by atoms with Gasteiger partial charge in [0, 0.05) is 21.8 Å². The molecule has 0 unspecified atom stereocenters. The van der Waals surface area contributed by atoms with E-state index in [1.54, 1.807) is 0 Å². The highest BCUT2D eigenvalue weighted by molar-refractivity contribution is 6.17. The Hall–Kier alpha value is -5.21. The quantitative estimate of drug-likeness (QED) is 0.146. The predicted octanol–water partition coefficient (Wildman–Crippen LogP) is 11.5. The van der Waals surface area contributed by atoms with Crippen molar-refractivity contribution in [2.24, 2.45) is 4.99 Å². The maximum absolute atomic E-state index is 5.36. The minimum Gasteiger partial charge on any atom is -0.297 e. The van der Waals surface area contributed by atoms with Crippen LogP contribution in [-0.4, -0.2) is 10.4 Å². The van der Waals surface area contributed by atoms with Crippen molar-refractivity contribution >= 4 is 44.5 Å². The Morgan fingerprint density at radius 2 is 1.51 bits per heavy atom. The van der Waals surface area contributed by atoms with E-state index in [-0.39, 0.29) is 5.41 Å². The highest BCUT2D eigenvalue weighted by Gasteiger charge is 2.38. The Morgan fingerprint density at radius 3 is 2.33 bits per heavy atom. The zero-order valence-corrected chi connectivity index (χ0v) is 26.1. The van der Waals surface area contributed by atoms with Gasteiger partial charge in [0.05, 0.1) is 16.7 Å². The van der Waals surface area contributed by atoms with Gasteiger partial charge in [-0.25, -0.2) is 4.99 Å². The van der Waals surface area contributed by atoms with Crippen LogP contribution in [0.4, 0.5) is 5.69 Å². The molecule has 2 aliphatic rings. The summed E-state index contributed by atoms with van der Waals surface area (Å²) in [5.41, 5.74) is 14.2. The van der Waals surface area contributed by atoms with Gasteiger partial charge in [-0.15, -0.1) is 0 Å². The maximum atomic E-state index is 5.36. The molecule has 6 aromatic rings. The van der Waals surface area contributed by atoms with Crippen molar-refractivity contribution in [2.75, 3.05) is 0 Å². The van der Waals surface area contributed by atoms with Gasteiger partial charge in [-0.1, -0.05) is 136 Å². The fourth-order valence-corrected chi connectivity index (χ4v) is 7.55. The van der Waals surface area contributed by atoms with E-state index in [1.165, 1.54) is 55.2 Å². The molecule has 0 fully saturated rings. The summed E-state index contributed by atoms with van der Waals surface area (Å²) in [6.07, 6.45) is 9.02. The first-order valence-electron chi connectivity index (χ1n) is 15.9. The number of hydrogen-bond acceptors (Lipinski definition) is 1. The van der Waals surface area contributed by atoms with Crippen molar-refractivity contribution in [3.63, 3.8) is 0 Å². The molecule has 2 heteroatoms. The van der Waals surface area contributed by atoms with Crippen molar-refractivity contribution in [1.29, 1.82) is 0 Å². The molecule has 0 saturated heterocycles. The third-order valence-electron chi connectivity index (χ3n) is 9.75. The predicted molar refractivity (Wildman–Crippen MR) is 193 cm³/mol. The van der Waals surface area contributed by atoms with Gasteiger partial charge in [0.15, 0.2) is 0 Å². The zero-order valence-electron chi connectivity index (χ0n) is 26.1. The SMILES string of the molecule is C=C(c1ccc(C2=CCCC=C2)cc1)c1ccccc1N=C(C)n1c2ccccc2c2ccc3c(c21)C(C)(C)c1ccccc1-3. The van der Waals surface area contributed by atoms with E-state index in [9.17, 15) is 0 Å². The zero-order chi connectivity index (χ0) is 30.7. The summed E-state index contributed by atoms with van der Waals surface area (Å²) in [7, 11) is 0. The third kappa shape index (κ3) is 4.28. The average molecular weight is 581 g/mol. The van der Waals surface area contributed by atoms with Crippen molar-refractivity contribution in [3.05, 3.63) is 162 Å². The molecule has 0 N–H and O–H groups in total. The number of aromatic nitrogens is 1.